The number of hydrogen-bond donors (Lipinski definition) is 0. The summed E-state index contributed by atoms with van der Waals surface area (Å²) in [6.45, 7) is 9.29. The summed E-state index contributed by atoms with van der Waals surface area (Å²) < 4.78 is 83.9. The number of piperazine rings is 1. The van der Waals surface area contributed by atoms with Crippen LogP contribution in [0.4, 0.5) is 32.0 Å². The summed E-state index contributed by atoms with van der Waals surface area (Å²) in [5.41, 5.74) is -1.29. The number of benzene rings is 2. The number of carbonyl (C=O) groups excluding carboxylic acids is 1. The minimum absolute atomic E-state index is 0.127. The SMILES string of the molecule is CCN1CCN(Cc2ccc(CC(=O)c3cc(N4CCC(N5CCCC5)CC4)cc(C(F)(F)F)c3)cc2C(F)(F)F)CC1. The molecule has 11 heteroatoms. The number of nitrogens with zero attached hydrogens (tertiary/aromatic N) is 4. The number of anilines is 1. The van der Waals surface area contributed by atoms with Crippen LogP contribution < -0.4 is 4.90 Å². The molecule has 0 spiro atoms. The lowest BCUT2D eigenvalue weighted by atomic mass is 9.96. The van der Waals surface area contributed by atoms with E-state index in [0.717, 1.165) is 63.8 Å². The van der Waals surface area contributed by atoms with Gasteiger partial charge in [-0.05, 0) is 80.7 Å². The second-order valence-corrected chi connectivity index (χ2v) is 12.0. The minimum atomic E-state index is -4.66. The molecule has 2 aromatic rings. The summed E-state index contributed by atoms with van der Waals surface area (Å²) in [6.07, 6.45) is -5.69. The lowest BCUT2D eigenvalue weighted by Crippen LogP contribution is -2.45. The lowest BCUT2D eigenvalue weighted by molar-refractivity contribution is -0.139. The van der Waals surface area contributed by atoms with E-state index in [9.17, 15) is 31.1 Å². The summed E-state index contributed by atoms with van der Waals surface area (Å²) >= 11 is 0. The van der Waals surface area contributed by atoms with E-state index in [-0.39, 0.29) is 23.2 Å². The highest BCUT2D eigenvalue weighted by Gasteiger charge is 2.36. The fourth-order valence-electron chi connectivity index (χ4n) is 6.64. The molecular weight excluding hydrogens is 570 g/mol. The first-order chi connectivity index (χ1) is 20.4. The van der Waals surface area contributed by atoms with Gasteiger partial charge in [0.15, 0.2) is 5.78 Å². The Morgan fingerprint density at radius 2 is 1.44 bits per heavy atom. The van der Waals surface area contributed by atoms with Crippen LogP contribution in [0.5, 0.6) is 0 Å². The number of halogens is 6. The molecular formula is C32H40F6N4O. The van der Waals surface area contributed by atoms with Crippen molar-refractivity contribution in [3.63, 3.8) is 0 Å². The van der Waals surface area contributed by atoms with Crippen LogP contribution in [0.15, 0.2) is 36.4 Å². The first-order valence-electron chi connectivity index (χ1n) is 15.3. The van der Waals surface area contributed by atoms with Gasteiger partial charge in [0.1, 0.15) is 0 Å². The van der Waals surface area contributed by atoms with Gasteiger partial charge < -0.3 is 14.7 Å². The maximum atomic E-state index is 14.1. The molecule has 0 radical (unpaired) electrons. The fraction of sp³-hybridized carbons (Fsp3) is 0.594. The van der Waals surface area contributed by atoms with E-state index < -0.39 is 35.7 Å². The van der Waals surface area contributed by atoms with E-state index in [0.29, 0.717) is 37.9 Å². The lowest BCUT2D eigenvalue weighted by Gasteiger charge is -2.38. The molecule has 0 N–H and O–H groups in total. The Kier molecular flexibility index (Phi) is 9.73. The van der Waals surface area contributed by atoms with Gasteiger partial charge >= 0.3 is 12.4 Å². The van der Waals surface area contributed by atoms with Gasteiger partial charge in [0, 0.05) is 69.5 Å². The average Bonchev–Trinajstić information content (AvgIpc) is 3.52. The minimum Gasteiger partial charge on any atom is -0.371 e. The van der Waals surface area contributed by atoms with Crippen molar-refractivity contribution >= 4 is 11.5 Å². The Morgan fingerprint density at radius 1 is 0.791 bits per heavy atom. The van der Waals surface area contributed by atoms with Crippen LogP contribution in [0.1, 0.15) is 65.2 Å². The zero-order valence-electron chi connectivity index (χ0n) is 24.6. The number of alkyl halides is 6. The maximum Gasteiger partial charge on any atom is 0.416 e. The number of ketones is 1. The molecule has 43 heavy (non-hydrogen) atoms. The van der Waals surface area contributed by atoms with E-state index in [2.05, 4.69) is 16.7 Å². The third-order valence-corrected chi connectivity index (χ3v) is 9.20. The summed E-state index contributed by atoms with van der Waals surface area (Å²) in [6, 6.07) is 7.64. The van der Waals surface area contributed by atoms with E-state index in [1.807, 2.05) is 9.80 Å². The van der Waals surface area contributed by atoms with Crippen molar-refractivity contribution in [1.29, 1.82) is 0 Å². The second kappa shape index (κ2) is 13.2. The van der Waals surface area contributed by atoms with Gasteiger partial charge in [-0.2, -0.15) is 26.3 Å². The van der Waals surface area contributed by atoms with E-state index in [1.54, 1.807) is 0 Å². The number of piperidine rings is 1. The summed E-state index contributed by atoms with van der Waals surface area (Å²) in [5.74, 6) is -0.643. The van der Waals surface area contributed by atoms with Crippen molar-refractivity contribution < 1.29 is 31.1 Å². The molecule has 5 nitrogen and oxygen atoms in total. The molecule has 3 aliphatic heterocycles. The van der Waals surface area contributed by atoms with E-state index in [4.69, 9.17) is 0 Å². The van der Waals surface area contributed by atoms with Gasteiger partial charge in [-0.25, -0.2) is 0 Å². The van der Waals surface area contributed by atoms with Gasteiger partial charge in [-0.3, -0.25) is 9.69 Å². The van der Waals surface area contributed by atoms with Crippen molar-refractivity contribution in [1.82, 2.24) is 14.7 Å². The smallest absolute Gasteiger partial charge is 0.371 e. The highest BCUT2D eigenvalue weighted by atomic mass is 19.4. The molecule has 3 heterocycles. The van der Waals surface area contributed by atoms with Crippen molar-refractivity contribution in [2.45, 2.75) is 64.0 Å². The second-order valence-electron chi connectivity index (χ2n) is 12.0. The first kappa shape index (κ1) is 31.8. The number of hydrogen-bond acceptors (Lipinski definition) is 5. The first-order valence-corrected chi connectivity index (χ1v) is 15.3. The molecule has 3 aliphatic rings. The Balaban J connectivity index is 1.33. The Labute approximate surface area is 249 Å². The monoisotopic (exact) mass is 610 g/mol. The molecule has 0 aliphatic carbocycles. The third kappa shape index (κ3) is 7.91. The third-order valence-electron chi connectivity index (χ3n) is 9.20. The van der Waals surface area contributed by atoms with Crippen LogP contribution in [0.3, 0.4) is 0 Å². The van der Waals surface area contributed by atoms with Gasteiger partial charge in [0.05, 0.1) is 11.1 Å². The normalized spacial score (nSPS) is 20.2. The number of rotatable bonds is 8. The van der Waals surface area contributed by atoms with Crippen LogP contribution in [0.2, 0.25) is 0 Å². The molecule has 0 unspecified atom stereocenters. The number of Topliss-reactive ketones (excluding diaryl/α,β-unsaturated/α-hetero) is 1. The largest absolute Gasteiger partial charge is 0.416 e. The molecule has 0 amide bonds. The van der Waals surface area contributed by atoms with E-state index >= 15 is 0 Å². The topological polar surface area (TPSA) is 30.0 Å². The summed E-state index contributed by atoms with van der Waals surface area (Å²) in [5, 5.41) is 0. The van der Waals surface area contributed by atoms with Crippen LogP contribution in [-0.2, 0) is 25.3 Å². The Hall–Kier alpha value is -2.63. The van der Waals surface area contributed by atoms with Gasteiger partial charge in [0.25, 0.3) is 0 Å². The Bertz CT molecular complexity index is 1260. The fourth-order valence-corrected chi connectivity index (χ4v) is 6.64. The average molecular weight is 611 g/mol. The predicted molar refractivity (Wildman–Crippen MR) is 154 cm³/mol. The van der Waals surface area contributed by atoms with Crippen molar-refractivity contribution in [2.24, 2.45) is 0 Å². The van der Waals surface area contributed by atoms with Crippen LogP contribution in [0, 0.1) is 0 Å². The number of likely N-dealkylation sites (tertiary alicyclic amines) is 1. The molecule has 0 bridgehead atoms. The van der Waals surface area contributed by atoms with Crippen LogP contribution >= 0.6 is 0 Å². The van der Waals surface area contributed by atoms with E-state index in [1.165, 1.54) is 31.0 Å². The molecule has 236 valence electrons. The van der Waals surface area contributed by atoms with Gasteiger partial charge in [0.2, 0.25) is 0 Å². The number of likely N-dealkylation sites (N-methyl/N-ethyl adjacent to an activating group) is 1. The van der Waals surface area contributed by atoms with Crippen molar-refractivity contribution in [3.8, 4) is 0 Å². The van der Waals surface area contributed by atoms with Crippen molar-refractivity contribution in [2.75, 3.05) is 63.8 Å². The molecule has 3 fully saturated rings. The molecule has 2 aromatic carbocycles. The van der Waals surface area contributed by atoms with Crippen molar-refractivity contribution in [3.05, 3.63) is 64.2 Å². The summed E-state index contributed by atoms with van der Waals surface area (Å²) in [4.78, 5) is 21.9. The zero-order chi connectivity index (χ0) is 30.8. The number of carbonyl (C=O) groups is 1. The summed E-state index contributed by atoms with van der Waals surface area (Å²) in [7, 11) is 0. The molecule has 3 saturated heterocycles. The van der Waals surface area contributed by atoms with Crippen LogP contribution in [0.25, 0.3) is 0 Å². The highest BCUT2D eigenvalue weighted by molar-refractivity contribution is 5.98. The standard InChI is InChI=1S/C32H40F6N4O/c1-2-39-13-15-40(16-14-39)22-24-6-5-23(17-29(24)32(36,37)38)18-30(43)25-19-26(31(33,34)35)21-28(20-25)42-11-7-27(8-12-42)41-9-3-4-10-41/h5-6,17,19-21,27H,2-4,7-16,18,22H2,1H3. The Morgan fingerprint density at radius 3 is 2.05 bits per heavy atom. The molecule has 0 aromatic heterocycles. The van der Waals surface area contributed by atoms with Crippen LogP contribution in [-0.4, -0.2) is 85.4 Å². The molecule has 0 atom stereocenters. The highest BCUT2D eigenvalue weighted by Crippen LogP contribution is 2.36. The molecule has 5 rings (SSSR count). The van der Waals surface area contributed by atoms with Gasteiger partial charge in [-0.1, -0.05) is 19.1 Å². The van der Waals surface area contributed by atoms with Gasteiger partial charge in [-0.15, -0.1) is 0 Å². The predicted octanol–water partition coefficient (Wildman–Crippen LogP) is 6.35. The zero-order valence-corrected chi connectivity index (χ0v) is 24.6. The molecule has 0 saturated carbocycles. The maximum absolute atomic E-state index is 14.1. The quantitative estimate of drug-likeness (QED) is 0.257.